The quantitative estimate of drug-likeness (QED) is 0.566. The third-order valence-electron chi connectivity index (χ3n) is 2.53. The van der Waals surface area contributed by atoms with Gasteiger partial charge in [-0.05, 0) is 39.2 Å². The van der Waals surface area contributed by atoms with Crippen molar-refractivity contribution >= 4 is 0 Å². The first-order valence-electron chi connectivity index (χ1n) is 4.31. The van der Waals surface area contributed by atoms with Crippen molar-refractivity contribution < 1.29 is 0 Å². The zero-order chi connectivity index (χ0) is 7.56. The van der Waals surface area contributed by atoms with E-state index >= 15 is 0 Å². The molecule has 0 amide bonds. The molecule has 2 unspecified atom stereocenters. The van der Waals surface area contributed by atoms with E-state index in [0.717, 1.165) is 6.04 Å². The average Bonchev–Trinajstić information content (AvgIpc) is 2.34. The Labute approximate surface area is 64.4 Å². The molecule has 10 heavy (non-hydrogen) atoms. The second-order valence-corrected chi connectivity index (χ2v) is 3.41. The molecule has 1 radical (unpaired) electrons. The summed E-state index contributed by atoms with van der Waals surface area (Å²) in [7, 11) is 0. The van der Waals surface area contributed by atoms with Crippen LogP contribution in [0.15, 0.2) is 0 Å². The standard InChI is InChI=1S/C9H18N/c1-4-9(3)10-6-5-8(2)7-10/h8-9H,2,4-7H2,1,3H3. The zero-order valence-corrected chi connectivity index (χ0v) is 7.14. The van der Waals surface area contributed by atoms with Crippen LogP contribution in [0.1, 0.15) is 26.7 Å². The van der Waals surface area contributed by atoms with Gasteiger partial charge in [-0.25, -0.2) is 0 Å². The molecule has 0 aromatic rings. The molecule has 2 atom stereocenters. The van der Waals surface area contributed by atoms with Gasteiger partial charge in [-0.15, -0.1) is 0 Å². The highest BCUT2D eigenvalue weighted by molar-refractivity contribution is 4.79. The van der Waals surface area contributed by atoms with Gasteiger partial charge in [0.2, 0.25) is 0 Å². The smallest absolute Gasteiger partial charge is 0.00644 e. The Morgan fingerprint density at radius 1 is 1.70 bits per heavy atom. The van der Waals surface area contributed by atoms with Crippen LogP contribution in [-0.4, -0.2) is 24.0 Å². The molecule has 1 rings (SSSR count). The highest BCUT2D eigenvalue weighted by atomic mass is 15.2. The van der Waals surface area contributed by atoms with Gasteiger partial charge in [-0.1, -0.05) is 6.92 Å². The van der Waals surface area contributed by atoms with E-state index in [9.17, 15) is 0 Å². The van der Waals surface area contributed by atoms with E-state index in [1.165, 1.54) is 25.9 Å². The maximum Gasteiger partial charge on any atom is 0.00644 e. The molecule has 0 aliphatic carbocycles. The molecule has 1 aliphatic rings. The van der Waals surface area contributed by atoms with E-state index in [-0.39, 0.29) is 0 Å². The fraction of sp³-hybridized carbons (Fsp3) is 0.889. The molecule has 1 saturated heterocycles. The minimum absolute atomic E-state index is 0.689. The van der Waals surface area contributed by atoms with Gasteiger partial charge in [-0.3, -0.25) is 0 Å². The Hall–Kier alpha value is -0.0400. The fourth-order valence-electron chi connectivity index (χ4n) is 1.52. The molecule has 0 saturated carbocycles. The summed E-state index contributed by atoms with van der Waals surface area (Å²) in [5.41, 5.74) is 0. The van der Waals surface area contributed by atoms with Gasteiger partial charge in [0, 0.05) is 12.6 Å². The summed E-state index contributed by atoms with van der Waals surface area (Å²) in [6.07, 6.45) is 2.57. The number of likely N-dealkylation sites (tertiary alicyclic amines) is 1. The van der Waals surface area contributed by atoms with Crippen molar-refractivity contribution in [2.24, 2.45) is 5.92 Å². The summed E-state index contributed by atoms with van der Waals surface area (Å²) in [4.78, 5) is 2.54. The second kappa shape index (κ2) is 3.38. The normalized spacial score (nSPS) is 30.9. The number of hydrogen-bond acceptors (Lipinski definition) is 1. The van der Waals surface area contributed by atoms with E-state index in [1.807, 2.05) is 0 Å². The van der Waals surface area contributed by atoms with Gasteiger partial charge in [0.05, 0.1) is 0 Å². The Morgan fingerprint density at radius 3 is 2.80 bits per heavy atom. The lowest BCUT2D eigenvalue weighted by Crippen LogP contribution is -2.29. The van der Waals surface area contributed by atoms with Gasteiger partial charge in [0.25, 0.3) is 0 Å². The third-order valence-corrected chi connectivity index (χ3v) is 2.53. The molecular weight excluding hydrogens is 122 g/mol. The molecule has 0 bridgehead atoms. The number of rotatable bonds is 2. The van der Waals surface area contributed by atoms with Crippen LogP contribution in [0.3, 0.4) is 0 Å². The van der Waals surface area contributed by atoms with E-state index in [1.54, 1.807) is 0 Å². The Morgan fingerprint density at radius 2 is 2.40 bits per heavy atom. The monoisotopic (exact) mass is 140 g/mol. The molecule has 1 fully saturated rings. The fourth-order valence-corrected chi connectivity index (χ4v) is 1.52. The SMILES string of the molecule is [CH2]C1CCN(C(C)CC)C1. The maximum absolute atomic E-state index is 4.06. The van der Waals surface area contributed by atoms with Crippen LogP contribution in [0.25, 0.3) is 0 Å². The topological polar surface area (TPSA) is 3.24 Å². The van der Waals surface area contributed by atoms with Crippen molar-refractivity contribution in [3.05, 3.63) is 6.92 Å². The van der Waals surface area contributed by atoms with E-state index in [2.05, 4.69) is 25.7 Å². The third kappa shape index (κ3) is 1.72. The summed E-state index contributed by atoms with van der Waals surface area (Å²) >= 11 is 0. The number of hydrogen-bond donors (Lipinski definition) is 0. The predicted octanol–water partition coefficient (Wildman–Crippen LogP) is 1.94. The van der Waals surface area contributed by atoms with Crippen LogP contribution in [-0.2, 0) is 0 Å². The van der Waals surface area contributed by atoms with Crippen LogP contribution in [0.5, 0.6) is 0 Å². The lowest BCUT2D eigenvalue weighted by molar-refractivity contribution is 0.248. The Bertz CT molecular complexity index is 101. The van der Waals surface area contributed by atoms with Crippen molar-refractivity contribution in [1.82, 2.24) is 4.90 Å². The van der Waals surface area contributed by atoms with Gasteiger partial charge in [0.1, 0.15) is 0 Å². The summed E-state index contributed by atoms with van der Waals surface area (Å²) in [6.45, 7) is 11.1. The summed E-state index contributed by atoms with van der Waals surface area (Å²) in [6, 6.07) is 0.770. The lowest BCUT2D eigenvalue weighted by atomic mass is 10.2. The molecule has 1 heteroatoms. The minimum Gasteiger partial charge on any atom is -0.300 e. The first-order chi connectivity index (χ1) is 4.74. The minimum atomic E-state index is 0.689. The van der Waals surface area contributed by atoms with Crippen LogP contribution < -0.4 is 0 Å². The molecule has 0 aromatic carbocycles. The first-order valence-corrected chi connectivity index (χ1v) is 4.31. The van der Waals surface area contributed by atoms with Crippen LogP contribution in [0.2, 0.25) is 0 Å². The maximum atomic E-state index is 4.06. The molecule has 0 aromatic heterocycles. The van der Waals surface area contributed by atoms with Crippen molar-refractivity contribution in [1.29, 1.82) is 0 Å². The highest BCUT2D eigenvalue weighted by Gasteiger charge is 2.21. The first kappa shape index (κ1) is 8.06. The van der Waals surface area contributed by atoms with Crippen LogP contribution >= 0.6 is 0 Å². The molecule has 1 aliphatic heterocycles. The summed E-state index contributed by atoms with van der Waals surface area (Å²) < 4.78 is 0. The second-order valence-electron chi connectivity index (χ2n) is 3.41. The van der Waals surface area contributed by atoms with Crippen molar-refractivity contribution in [3.8, 4) is 0 Å². The summed E-state index contributed by atoms with van der Waals surface area (Å²) in [5, 5.41) is 0. The average molecular weight is 140 g/mol. The van der Waals surface area contributed by atoms with Gasteiger partial charge >= 0.3 is 0 Å². The van der Waals surface area contributed by atoms with Crippen LogP contribution in [0.4, 0.5) is 0 Å². The summed E-state index contributed by atoms with van der Waals surface area (Å²) in [5.74, 6) is 0.689. The largest absolute Gasteiger partial charge is 0.300 e. The Kier molecular flexibility index (Phi) is 2.72. The zero-order valence-electron chi connectivity index (χ0n) is 7.14. The molecule has 1 nitrogen and oxygen atoms in total. The molecular formula is C9H18N. The lowest BCUT2D eigenvalue weighted by Gasteiger charge is -2.22. The van der Waals surface area contributed by atoms with E-state index in [4.69, 9.17) is 0 Å². The van der Waals surface area contributed by atoms with Crippen molar-refractivity contribution in [3.63, 3.8) is 0 Å². The van der Waals surface area contributed by atoms with Crippen LogP contribution in [0, 0.1) is 12.8 Å². The van der Waals surface area contributed by atoms with E-state index in [0.29, 0.717) is 5.92 Å². The molecule has 0 N–H and O–H groups in total. The predicted molar refractivity (Wildman–Crippen MR) is 44.8 cm³/mol. The molecule has 0 spiro atoms. The van der Waals surface area contributed by atoms with Crippen molar-refractivity contribution in [2.45, 2.75) is 32.7 Å². The Balaban J connectivity index is 2.29. The van der Waals surface area contributed by atoms with Gasteiger partial charge in [-0.2, -0.15) is 0 Å². The molecule has 1 heterocycles. The highest BCUT2D eigenvalue weighted by Crippen LogP contribution is 2.18. The van der Waals surface area contributed by atoms with Gasteiger partial charge < -0.3 is 4.90 Å². The van der Waals surface area contributed by atoms with E-state index < -0.39 is 0 Å². The molecule has 59 valence electrons. The number of nitrogens with zero attached hydrogens (tertiary/aromatic N) is 1. The van der Waals surface area contributed by atoms with Crippen molar-refractivity contribution in [2.75, 3.05) is 13.1 Å². The van der Waals surface area contributed by atoms with Gasteiger partial charge in [0.15, 0.2) is 0 Å².